The molecule has 5 heteroatoms. The fourth-order valence-corrected chi connectivity index (χ4v) is 2.67. The quantitative estimate of drug-likeness (QED) is 0.914. The number of carboxylic acid groups (broad SMARTS) is 1. The standard InChI is InChI=1S/C15H20N2O3/c1-15(2,10-14(19)20)11-6-4-5-7-12(11)17-9-8-13(18)16(17)3/h4-7H,8-10H2,1-3H3,(H,19,20). The fourth-order valence-electron chi connectivity index (χ4n) is 2.67. The van der Waals surface area contributed by atoms with Crippen molar-refractivity contribution in [3.8, 4) is 0 Å². The SMILES string of the molecule is CN1C(=O)CCN1c1ccccc1C(C)(C)CC(=O)O. The number of carbonyl (C=O) groups excluding carboxylic acids is 1. The van der Waals surface area contributed by atoms with Crippen molar-refractivity contribution >= 4 is 17.6 Å². The maximum Gasteiger partial charge on any atom is 0.304 e. The van der Waals surface area contributed by atoms with Crippen LogP contribution in [0.15, 0.2) is 24.3 Å². The number of benzene rings is 1. The molecule has 1 aromatic carbocycles. The number of rotatable bonds is 4. The highest BCUT2D eigenvalue weighted by atomic mass is 16.4. The zero-order chi connectivity index (χ0) is 14.9. The minimum Gasteiger partial charge on any atom is -0.481 e. The van der Waals surface area contributed by atoms with E-state index in [2.05, 4.69) is 0 Å². The summed E-state index contributed by atoms with van der Waals surface area (Å²) in [5, 5.41) is 12.6. The summed E-state index contributed by atoms with van der Waals surface area (Å²) in [6.07, 6.45) is 0.541. The first-order valence-electron chi connectivity index (χ1n) is 6.68. The molecule has 0 aliphatic carbocycles. The zero-order valence-corrected chi connectivity index (χ0v) is 12.1. The van der Waals surface area contributed by atoms with Gasteiger partial charge in [-0.2, -0.15) is 0 Å². The molecule has 0 aromatic heterocycles. The number of carboxylic acids is 1. The van der Waals surface area contributed by atoms with E-state index in [-0.39, 0.29) is 12.3 Å². The van der Waals surface area contributed by atoms with Gasteiger partial charge in [0.05, 0.1) is 12.1 Å². The van der Waals surface area contributed by atoms with Crippen molar-refractivity contribution in [1.82, 2.24) is 5.01 Å². The van der Waals surface area contributed by atoms with E-state index in [1.807, 2.05) is 43.1 Å². The molecule has 2 rings (SSSR count). The maximum atomic E-state index is 11.7. The Balaban J connectivity index is 2.41. The van der Waals surface area contributed by atoms with Gasteiger partial charge >= 0.3 is 5.97 Å². The molecule has 108 valence electrons. The molecule has 0 spiro atoms. The Kier molecular flexibility index (Phi) is 3.70. The van der Waals surface area contributed by atoms with Gasteiger partial charge < -0.3 is 5.11 Å². The number of hydrazine groups is 1. The molecule has 1 N–H and O–H groups in total. The van der Waals surface area contributed by atoms with Gasteiger partial charge in [-0.1, -0.05) is 32.0 Å². The van der Waals surface area contributed by atoms with Crippen molar-refractivity contribution in [3.63, 3.8) is 0 Å². The Morgan fingerprint density at radius 2 is 2.00 bits per heavy atom. The Morgan fingerprint density at radius 1 is 1.35 bits per heavy atom. The van der Waals surface area contributed by atoms with E-state index in [0.717, 1.165) is 11.3 Å². The molecule has 0 unspecified atom stereocenters. The van der Waals surface area contributed by atoms with E-state index in [1.165, 1.54) is 0 Å². The first-order chi connectivity index (χ1) is 9.33. The Morgan fingerprint density at radius 3 is 2.55 bits per heavy atom. The molecule has 5 nitrogen and oxygen atoms in total. The molecule has 0 atom stereocenters. The summed E-state index contributed by atoms with van der Waals surface area (Å²) in [5.41, 5.74) is 1.37. The van der Waals surface area contributed by atoms with Crippen LogP contribution in [0.3, 0.4) is 0 Å². The minimum atomic E-state index is -0.823. The van der Waals surface area contributed by atoms with Crippen molar-refractivity contribution in [1.29, 1.82) is 0 Å². The molecule has 1 aliphatic heterocycles. The second-order valence-corrected chi connectivity index (χ2v) is 5.76. The van der Waals surface area contributed by atoms with Crippen LogP contribution in [-0.2, 0) is 15.0 Å². The van der Waals surface area contributed by atoms with Crippen LogP contribution in [0.1, 0.15) is 32.3 Å². The van der Waals surface area contributed by atoms with Crippen molar-refractivity contribution in [3.05, 3.63) is 29.8 Å². The lowest BCUT2D eigenvalue weighted by atomic mass is 9.80. The summed E-state index contributed by atoms with van der Waals surface area (Å²) in [6.45, 7) is 4.46. The highest BCUT2D eigenvalue weighted by Crippen LogP contribution is 2.36. The molecule has 20 heavy (non-hydrogen) atoms. The van der Waals surface area contributed by atoms with Crippen LogP contribution in [0, 0.1) is 0 Å². The Labute approximate surface area is 118 Å². The van der Waals surface area contributed by atoms with Gasteiger partial charge in [-0.15, -0.1) is 0 Å². The number of amides is 1. The second kappa shape index (κ2) is 5.15. The molecule has 0 saturated carbocycles. The minimum absolute atomic E-state index is 0.0511. The summed E-state index contributed by atoms with van der Waals surface area (Å²) in [5.74, 6) is -0.744. The van der Waals surface area contributed by atoms with Gasteiger partial charge in [-0.05, 0) is 11.6 Å². The van der Waals surface area contributed by atoms with E-state index in [9.17, 15) is 9.59 Å². The highest BCUT2D eigenvalue weighted by Gasteiger charge is 2.32. The van der Waals surface area contributed by atoms with E-state index < -0.39 is 11.4 Å². The van der Waals surface area contributed by atoms with Gasteiger partial charge in [-0.25, -0.2) is 0 Å². The van der Waals surface area contributed by atoms with Crippen molar-refractivity contribution in [2.24, 2.45) is 0 Å². The van der Waals surface area contributed by atoms with Gasteiger partial charge in [0.1, 0.15) is 0 Å². The molecule has 0 radical (unpaired) electrons. The smallest absolute Gasteiger partial charge is 0.304 e. The van der Waals surface area contributed by atoms with Gasteiger partial charge in [0.15, 0.2) is 0 Å². The Hall–Kier alpha value is -2.04. The van der Waals surface area contributed by atoms with Crippen LogP contribution < -0.4 is 5.01 Å². The van der Waals surface area contributed by atoms with Crippen LogP contribution in [0.25, 0.3) is 0 Å². The van der Waals surface area contributed by atoms with E-state index in [0.29, 0.717) is 13.0 Å². The summed E-state index contributed by atoms with van der Waals surface area (Å²) in [6, 6.07) is 7.69. The fraction of sp³-hybridized carbons (Fsp3) is 0.467. The van der Waals surface area contributed by atoms with Crippen molar-refractivity contribution in [2.75, 3.05) is 18.6 Å². The number of aliphatic carboxylic acids is 1. The van der Waals surface area contributed by atoms with Crippen LogP contribution in [0.2, 0.25) is 0 Å². The van der Waals surface area contributed by atoms with Gasteiger partial charge in [0, 0.05) is 25.4 Å². The van der Waals surface area contributed by atoms with Gasteiger partial charge in [-0.3, -0.25) is 19.6 Å². The van der Waals surface area contributed by atoms with Gasteiger partial charge in [0.2, 0.25) is 5.91 Å². The van der Waals surface area contributed by atoms with Crippen molar-refractivity contribution < 1.29 is 14.7 Å². The molecule has 1 fully saturated rings. The van der Waals surface area contributed by atoms with E-state index in [1.54, 1.807) is 12.1 Å². The molecule has 1 amide bonds. The van der Waals surface area contributed by atoms with Crippen LogP contribution in [0.5, 0.6) is 0 Å². The predicted octanol–water partition coefficient (Wildman–Crippen LogP) is 2.02. The highest BCUT2D eigenvalue weighted by molar-refractivity contribution is 5.82. The molecule has 1 aromatic rings. The number of carbonyl (C=O) groups is 2. The first kappa shape index (κ1) is 14.4. The third-order valence-corrected chi connectivity index (χ3v) is 3.76. The molecular weight excluding hydrogens is 256 g/mol. The second-order valence-electron chi connectivity index (χ2n) is 5.76. The summed E-state index contributed by atoms with van der Waals surface area (Å²) < 4.78 is 0. The maximum absolute atomic E-state index is 11.7. The largest absolute Gasteiger partial charge is 0.481 e. The molecule has 1 saturated heterocycles. The number of hydrogen-bond donors (Lipinski definition) is 1. The lowest BCUT2D eigenvalue weighted by molar-refractivity contribution is -0.138. The normalized spacial score (nSPS) is 15.8. The summed E-state index contributed by atoms with van der Waals surface area (Å²) in [7, 11) is 1.75. The molecule has 1 aliphatic rings. The van der Waals surface area contributed by atoms with Crippen LogP contribution in [-0.4, -0.2) is 35.6 Å². The lowest BCUT2D eigenvalue weighted by Crippen LogP contribution is -2.37. The molecular formula is C15H20N2O3. The van der Waals surface area contributed by atoms with Gasteiger partial charge in [0.25, 0.3) is 0 Å². The van der Waals surface area contributed by atoms with E-state index in [4.69, 9.17) is 5.11 Å². The third-order valence-electron chi connectivity index (χ3n) is 3.76. The lowest BCUT2D eigenvalue weighted by Gasteiger charge is -2.33. The zero-order valence-electron chi connectivity index (χ0n) is 12.1. The predicted molar refractivity (Wildman–Crippen MR) is 76.5 cm³/mol. The van der Waals surface area contributed by atoms with Crippen molar-refractivity contribution in [2.45, 2.75) is 32.1 Å². The number of hydrogen-bond acceptors (Lipinski definition) is 3. The summed E-state index contributed by atoms with van der Waals surface area (Å²) in [4.78, 5) is 22.7. The number of para-hydroxylation sites is 1. The monoisotopic (exact) mass is 276 g/mol. The van der Waals surface area contributed by atoms with Crippen LogP contribution in [0.4, 0.5) is 5.69 Å². The average Bonchev–Trinajstić information content (AvgIpc) is 2.68. The van der Waals surface area contributed by atoms with E-state index >= 15 is 0 Å². The molecule has 0 bridgehead atoms. The average molecular weight is 276 g/mol. The third kappa shape index (κ3) is 2.61. The Bertz CT molecular complexity index is 540. The summed E-state index contributed by atoms with van der Waals surface area (Å²) >= 11 is 0. The van der Waals surface area contributed by atoms with Crippen LogP contribution >= 0.6 is 0 Å². The molecule has 1 heterocycles. The topological polar surface area (TPSA) is 60.9 Å². The number of anilines is 1. The number of nitrogens with zero attached hydrogens (tertiary/aromatic N) is 2. The first-order valence-corrected chi connectivity index (χ1v) is 6.68.